The average Bonchev–Trinajstić information content (AvgIpc) is 0.897. The molecule has 0 aliphatic carbocycles. The monoisotopic (exact) mass is 1660 g/mol. The summed E-state index contributed by atoms with van der Waals surface area (Å²) in [4.78, 5) is 73.5. The van der Waals surface area contributed by atoms with Gasteiger partial charge in [0.15, 0.2) is 12.2 Å². The number of phosphoric ester groups is 2. The molecule has 0 saturated carbocycles. The molecule has 3 N–H and O–H groups in total. The van der Waals surface area contributed by atoms with E-state index in [1.165, 1.54) is 347 Å². The number of esters is 4. The summed E-state index contributed by atoms with van der Waals surface area (Å²) in [6.45, 7) is 7.40. The van der Waals surface area contributed by atoms with Crippen molar-refractivity contribution in [3.8, 4) is 0 Å². The number of hydrogen-bond donors (Lipinski definition) is 3. The predicted molar refractivity (Wildman–Crippen MR) is 474 cm³/mol. The lowest BCUT2D eigenvalue weighted by molar-refractivity contribution is -0.161. The van der Waals surface area contributed by atoms with Crippen molar-refractivity contribution in [2.24, 2.45) is 5.92 Å². The molecule has 678 valence electrons. The van der Waals surface area contributed by atoms with E-state index in [1.54, 1.807) is 0 Å². The van der Waals surface area contributed by atoms with E-state index >= 15 is 0 Å². The van der Waals surface area contributed by atoms with Crippen molar-refractivity contribution in [3.05, 3.63) is 0 Å². The molecule has 114 heavy (non-hydrogen) atoms. The Kier molecular flexibility index (Phi) is 85.9. The maximum atomic E-state index is 13.2. The zero-order valence-corrected chi connectivity index (χ0v) is 77.0. The first-order chi connectivity index (χ1) is 55.5. The molecule has 0 bridgehead atoms. The van der Waals surface area contributed by atoms with Gasteiger partial charge in [0, 0.05) is 25.7 Å². The van der Waals surface area contributed by atoms with E-state index in [-0.39, 0.29) is 25.7 Å². The Bertz CT molecular complexity index is 2150. The molecule has 0 aliphatic heterocycles. The molecule has 19 heteroatoms. The second-order valence-electron chi connectivity index (χ2n) is 34.6. The van der Waals surface area contributed by atoms with Crippen LogP contribution in [0.3, 0.4) is 0 Å². The Morgan fingerprint density at radius 1 is 0.237 bits per heavy atom. The first-order valence-electron chi connectivity index (χ1n) is 49.1. The van der Waals surface area contributed by atoms with Gasteiger partial charge < -0.3 is 33.8 Å². The average molecular weight is 1660 g/mol. The Morgan fingerprint density at radius 2 is 0.404 bits per heavy atom. The SMILES string of the molecule is CCCCCCCCCCCCCCCCCCCCCCCCC(=O)OC[C@H](COP(=O)(O)OC[C@@H](O)COP(=O)(O)OC[C@@H](COC(=O)CCCCCCCCCCCC(C)C)OC(=O)CCCCCCCCCCCCCCCCCCCC)OC(=O)CCCCCCCCCCCCCCCCCCCCCCCC. The first kappa shape index (κ1) is 112. The van der Waals surface area contributed by atoms with Gasteiger partial charge in [-0.3, -0.25) is 37.3 Å². The van der Waals surface area contributed by atoms with Crippen molar-refractivity contribution >= 4 is 39.5 Å². The number of ether oxygens (including phenoxy) is 4. The molecule has 0 saturated heterocycles. The van der Waals surface area contributed by atoms with Crippen molar-refractivity contribution in [1.82, 2.24) is 0 Å². The van der Waals surface area contributed by atoms with Gasteiger partial charge in [0.25, 0.3) is 0 Å². The van der Waals surface area contributed by atoms with Crippen LogP contribution < -0.4 is 0 Å². The number of rotatable bonds is 95. The summed E-state index contributed by atoms with van der Waals surface area (Å²) in [5, 5.41) is 10.7. The summed E-state index contributed by atoms with van der Waals surface area (Å²) < 4.78 is 69.2. The molecule has 2 unspecified atom stereocenters. The Morgan fingerprint density at radius 3 is 0.596 bits per heavy atom. The second kappa shape index (κ2) is 87.4. The van der Waals surface area contributed by atoms with Crippen LogP contribution >= 0.6 is 15.6 Å². The molecule has 0 aromatic carbocycles. The fourth-order valence-electron chi connectivity index (χ4n) is 15.1. The molecule has 0 rings (SSSR count). The highest BCUT2D eigenvalue weighted by Crippen LogP contribution is 2.45. The molecule has 0 aliphatic rings. The summed E-state index contributed by atoms with van der Waals surface area (Å²) in [7, 11) is -9.94. The predicted octanol–water partition coefficient (Wildman–Crippen LogP) is 29.9. The standard InChI is InChI=1S/C95H186O17P2/c1-6-9-12-15-18-21-24-27-30-33-36-38-40-42-45-47-50-53-58-63-68-73-78-92(97)105-84-90(111-94(99)80-76-71-66-60-55-52-49-46-43-41-39-37-34-31-28-25-22-19-16-13-10-7-2)86-109-113(101,102)107-82-89(96)83-108-114(103,104)110-87-91(85-106-93(98)79-74-69-64-61-56-57-62-67-72-77-88(4)5)112-95(100)81-75-70-65-59-54-51-48-44-35-32-29-26-23-20-17-14-11-8-3/h88-91,96H,6-87H2,1-5H3,(H,101,102)(H,103,104)/t89-,90-,91-/m1/s1. The van der Waals surface area contributed by atoms with E-state index in [0.717, 1.165) is 95.8 Å². The van der Waals surface area contributed by atoms with Crippen LogP contribution in [0.2, 0.25) is 0 Å². The van der Waals surface area contributed by atoms with Crippen LogP contribution in [0.4, 0.5) is 0 Å². The zero-order valence-electron chi connectivity index (χ0n) is 75.2. The molecule has 0 heterocycles. The molecule has 0 radical (unpaired) electrons. The second-order valence-corrected chi connectivity index (χ2v) is 37.5. The number of hydrogen-bond acceptors (Lipinski definition) is 15. The molecular weight excluding hydrogens is 1470 g/mol. The smallest absolute Gasteiger partial charge is 0.462 e. The summed E-state index contributed by atoms with van der Waals surface area (Å²) >= 11 is 0. The van der Waals surface area contributed by atoms with Gasteiger partial charge in [0.05, 0.1) is 26.4 Å². The van der Waals surface area contributed by atoms with Crippen LogP contribution in [0, 0.1) is 5.92 Å². The molecule has 0 spiro atoms. The van der Waals surface area contributed by atoms with E-state index < -0.39 is 97.5 Å². The molecule has 0 fully saturated rings. The van der Waals surface area contributed by atoms with Gasteiger partial charge in [-0.05, 0) is 31.6 Å². The molecule has 0 amide bonds. The highest BCUT2D eigenvalue weighted by molar-refractivity contribution is 7.47. The minimum absolute atomic E-state index is 0.109. The third-order valence-electron chi connectivity index (χ3n) is 22.5. The van der Waals surface area contributed by atoms with Crippen molar-refractivity contribution in [2.45, 2.75) is 541 Å². The lowest BCUT2D eigenvalue weighted by Gasteiger charge is -2.21. The zero-order chi connectivity index (χ0) is 83.3. The topological polar surface area (TPSA) is 237 Å². The number of aliphatic hydroxyl groups excluding tert-OH is 1. The minimum Gasteiger partial charge on any atom is -0.462 e. The van der Waals surface area contributed by atoms with Gasteiger partial charge in [-0.25, -0.2) is 9.13 Å². The Hall–Kier alpha value is -1.94. The number of unbranched alkanes of at least 4 members (excludes halogenated alkanes) is 67. The van der Waals surface area contributed by atoms with Gasteiger partial charge in [-0.2, -0.15) is 0 Å². The molecule has 5 atom stereocenters. The lowest BCUT2D eigenvalue weighted by Crippen LogP contribution is -2.30. The van der Waals surface area contributed by atoms with Gasteiger partial charge in [0.1, 0.15) is 19.3 Å². The molecule has 17 nitrogen and oxygen atoms in total. The van der Waals surface area contributed by atoms with Crippen molar-refractivity contribution < 1.29 is 80.2 Å². The molecule has 0 aromatic rings. The third-order valence-corrected chi connectivity index (χ3v) is 24.4. The van der Waals surface area contributed by atoms with Crippen LogP contribution in [0.15, 0.2) is 0 Å². The van der Waals surface area contributed by atoms with E-state index in [2.05, 4.69) is 34.6 Å². The van der Waals surface area contributed by atoms with E-state index in [9.17, 15) is 43.2 Å². The first-order valence-corrected chi connectivity index (χ1v) is 52.1. The number of carbonyl (C=O) groups excluding carboxylic acids is 4. The molecular formula is C95H186O17P2. The maximum absolute atomic E-state index is 13.2. The highest BCUT2D eigenvalue weighted by Gasteiger charge is 2.31. The fourth-order valence-corrected chi connectivity index (χ4v) is 16.6. The minimum atomic E-state index is -4.97. The third kappa shape index (κ3) is 87.9. The van der Waals surface area contributed by atoms with Crippen molar-refractivity contribution in [2.75, 3.05) is 39.6 Å². The van der Waals surface area contributed by atoms with Crippen LogP contribution in [-0.2, 0) is 65.4 Å². The van der Waals surface area contributed by atoms with Crippen LogP contribution in [0.25, 0.3) is 0 Å². The maximum Gasteiger partial charge on any atom is 0.472 e. The van der Waals surface area contributed by atoms with Crippen LogP contribution in [-0.4, -0.2) is 96.7 Å². The Labute approximate surface area is 702 Å². The van der Waals surface area contributed by atoms with Gasteiger partial charge >= 0.3 is 39.5 Å². The van der Waals surface area contributed by atoms with Crippen LogP contribution in [0.5, 0.6) is 0 Å². The summed E-state index contributed by atoms with van der Waals surface area (Å²) in [6, 6.07) is 0. The normalized spacial score (nSPS) is 13.6. The molecule has 0 aromatic heterocycles. The van der Waals surface area contributed by atoms with Gasteiger partial charge in [-0.15, -0.1) is 0 Å². The van der Waals surface area contributed by atoms with Crippen molar-refractivity contribution in [1.29, 1.82) is 0 Å². The highest BCUT2D eigenvalue weighted by atomic mass is 31.2. The van der Waals surface area contributed by atoms with Crippen LogP contribution in [0.1, 0.15) is 523 Å². The Balaban J connectivity index is 5.23. The quantitative estimate of drug-likeness (QED) is 0.0222. The number of aliphatic hydroxyl groups is 1. The van der Waals surface area contributed by atoms with Gasteiger partial charge in [0.2, 0.25) is 0 Å². The van der Waals surface area contributed by atoms with E-state index in [1.807, 2.05) is 0 Å². The number of phosphoric acid groups is 2. The summed E-state index contributed by atoms with van der Waals surface area (Å²) in [6.07, 6.45) is 85.0. The summed E-state index contributed by atoms with van der Waals surface area (Å²) in [5.41, 5.74) is 0. The van der Waals surface area contributed by atoms with E-state index in [4.69, 9.17) is 37.0 Å². The largest absolute Gasteiger partial charge is 0.472 e. The van der Waals surface area contributed by atoms with Crippen molar-refractivity contribution in [3.63, 3.8) is 0 Å². The van der Waals surface area contributed by atoms with Gasteiger partial charge in [-0.1, -0.05) is 471 Å². The van der Waals surface area contributed by atoms with E-state index in [0.29, 0.717) is 25.7 Å². The lowest BCUT2D eigenvalue weighted by atomic mass is 10.0. The number of carbonyl (C=O) groups is 4. The summed E-state index contributed by atoms with van der Waals surface area (Å²) in [5.74, 6) is -1.35. The fraction of sp³-hybridized carbons (Fsp3) is 0.958.